The van der Waals surface area contributed by atoms with Crippen molar-refractivity contribution in [2.45, 2.75) is 11.8 Å². The lowest BCUT2D eigenvalue weighted by Crippen LogP contribution is -1.95. The Kier molecular flexibility index (Phi) is 3.20. The van der Waals surface area contributed by atoms with Gasteiger partial charge in [0.2, 0.25) is 5.76 Å². The molecule has 2 aromatic rings. The maximum absolute atomic E-state index is 11.4. The van der Waals surface area contributed by atoms with E-state index in [2.05, 4.69) is 0 Å². The quantitative estimate of drug-likeness (QED) is 0.810. The van der Waals surface area contributed by atoms with E-state index in [4.69, 9.17) is 25.1 Å². The van der Waals surface area contributed by atoms with Gasteiger partial charge in [-0.3, -0.25) is 0 Å². The highest BCUT2D eigenvalue weighted by Crippen LogP contribution is 2.34. The minimum absolute atomic E-state index is 0.00119. The molecule has 0 aliphatic carbocycles. The normalized spacial score (nSPS) is 11.4. The number of hydrogen-bond acceptors (Lipinski definition) is 5. The van der Waals surface area contributed by atoms with Gasteiger partial charge in [-0.1, -0.05) is 0 Å². The molecule has 1 heterocycles. The Labute approximate surface area is 108 Å². The van der Waals surface area contributed by atoms with Crippen molar-refractivity contribution < 1.29 is 17.6 Å². The van der Waals surface area contributed by atoms with Gasteiger partial charge in [0.15, 0.2) is 11.3 Å². The molecule has 0 bridgehead atoms. The highest BCUT2D eigenvalue weighted by Gasteiger charge is 2.20. The summed E-state index contributed by atoms with van der Waals surface area (Å²) in [5.41, 5.74) is 0.204. The van der Waals surface area contributed by atoms with Gasteiger partial charge in [0, 0.05) is 22.1 Å². The standard InChI is InChI=1S/C11H8ClNO4S/c1-2-16-9-3-4-10(18(12,14)15)8-5-7(6-13)17-11(8)9/h3-5H,2H2,1H3. The van der Waals surface area contributed by atoms with Crippen molar-refractivity contribution in [1.29, 1.82) is 5.26 Å². The molecular formula is C11H8ClNO4S. The summed E-state index contributed by atoms with van der Waals surface area (Å²) in [6.45, 7) is 2.18. The zero-order valence-corrected chi connectivity index (χ0v) is 10.9. The average Bonchev–Trinajstić information content (AvgIpc) is 2.72. The lowest BCUT2D eigenvalue weighted by molar-refractivity contribution is 0.338. The van der Waals surface area contributed by atoms with Crippen molar-refractivity contribution in [2.75, 3.05) is 6.61 Å². The van der Waals surface area contributed by atoms with Gasteiger partial charge in [-0.2, -0.15) is 5.26 Å². The molecule has 0 aliphatic heterocycles. The molecule has 0 fully saturated rings. The first kappa shape index (κ1) is 12.7. The molecule has 1 aromatic heterocycles. The molecule has 0 spiro atoms. The molecule has 0 N–H and O–H groups in total. The van der Waals surface area contributed by atoms with Crippen LogP contribution in [0.1, 0.15) is 12.7 Å². The van der Waals surface area contributed by atoms with E-state index in [1.54, 1.807) is 13.0 Å². The molecule has 2 rings (SSSR count). The van der Waals surface area contributed by atoms with Crippen LogP contribution in [-0.4, -0.2) is 15.0 Å². The summed E-state index contributed by atoms with van der Waals surface area (Å²) in [5.74, 6) is 0.372. The molecule has 94 valence electrons. The van der Waals surface area contributed by atoms with Crippen LogP contribution in [0.25, 0.3) is 11.0 Å². The first-order chi connectivity index (χ1) is 8.47. The number of ether oxygens (including phenoxy) is 1. The minimum atomic E-state index is -3.91. The van der Waals surface area contributed by atoms with Crippen molar-refractivity contribution in [3.05, 3.63) is 24.0 Å². The Morgan fingerprint density at radius 2 is 2.22 bits per heavy atom. The van der Waals surface area contributed by atoms with Crippen LogP contribution in [0.2, 0.25) is 0 Å². The van der Waals surface area contributed by atoms with Crippen molar-refractivity contribution in [1.82, 2.24) is 0 Å². The lowest BCUT2D eigenvalue weighted by atomic mass is 10.2. The van der Waals surface area contributed by atoms with E-state index in [0.29, 0.717) is 12.4 Å². The SMILES string of the molecule is CCOc1ccc(S(=O)(=O)Cl)c2cc(C#N)oc12. The highest BCUT2D eigenvalue weighted by molar-refractivity contribution is 8.14. The number of nitriles is 1. The predicted molar refractivity (Wildman–Crippen MR) is 65.1 cm³/mol. The fraction of sp³-hybridized carbons (Fsp3) is 0.182. The molecule has 0 saturated carbocycles. The van der Waals surface area contributed by atoms with Crippen LogP contribution < -0.4 is 4.74 Å². The second-order valence-corrected chi connectivity index (χ2v) is 5.93. The van der Waals surface area contributed by atoms with Crippen LogP contribution in [-0.2, 0) is 9.05 Å². The molecule has 1 aromatic carbocycles. The first-order valence-electron chi connectivity index (χ1n) is 5.01. The van der Waals surface area contributed by atoms with E-state index in [-0.39, 0.29) is 21.6 Å². The van der Waals surface area contributed by atoms with Gasteiger partial charge in [-0.25, -0.2) is 8.42 Å². The monoisotopic (exact) mass is 285 g/mol. The molecule has 0 amide bonds. The maximum Gasteiger partial charge on any atom is 0.262 e. The van der Waals surface area contributed by atoms with E-state index < -0.39 is 9.05 Å². The summed E-state index contributed by atoms with van der Waals surface area (Å²) in [4.78, 5) is -0.104. The van der Waals surface area contributed by atoms with Gasteiger partial charge in [0.05, 0.1) is 11.5 Å². The topological polar surface area (TPSA) is 80.3 Å². The molecule has 0 unspecified atom stereocenters. The fourth-order valence-electron chi connectivity index (χ4n) is 1.61. The highest BCUT2D eigenvalue weighted by atomic mass is 35.7. The predicted octanol–water partition coefficient (Wildman–Crippen LogP) is 2.63. The number of fused-ring (bicyclic) bond motifs is 1. The summed E-state index contributed by atoms with van der Waals surface area (Å²) >= 11 is 0. The average molecular weight is 286 g/mol. The molecule has 0 radical (unpaired) electrons. The smallest absolute Gasteiger partial charge is 0.262 e. The van der Waals surface area contributed by atoms with E-state index in [9.17, 15) is 8.42 Å². The Hall–Kier alpha value is -1.71. The summed E-state index contributed by atoms with van der Waals surface area (Å²) in [7, 11) is 1.42. The Balaban J connectivity index is 2.82. The Morgan fingerprint density at radius 1 is 1.50 bits per heavy atom. The third kappa shape index (κ3) is 2.15. The van der Waals surface area contributed by atoms with Gasteiger partial charge in [-0.05, 0) is 19.1 Å². The van der Waals surface area contributed by atoms with Gasteiger partial charge in [0.25, 0.3) is 9.05 Å². The van der Waals surface area contributed by atoms with Crippen LogP contribution in [0.5, 0.6) is 5.75 Å². The number of rotatable bonds is 3. The summed E-state index contributed by atoms with van der Waals surface area (Å²) < 4.78 is 33.4. The van der Waals surface area contributed by atoms with Crippen LogP contribution in [0.3, 0.4) is 0 Å². The van der Waals surface area contributed by atoms with E-state index in [0.717, 1.165) is 0 Å². The molecule has 5 nitrogen and oxygen atoms in total. The Morgan fingerprint density at radius 3 is 2.78 bits per heavy atom. The molecule has 0 aliphatic rings. The van der Waals surface area contributed by atoms with E-state index in [1.165, 1.54) is 18.2 Å². The van der Waals surface area contributed by atoms with Crippen molar-refractivity contribution >= 4 is 30.7 Å². The van der Waals surface area contributed by atoms with Crippen molar-refractivity contribution in [2.24, 2.45) is 0 Å². The van der Waals surface area contributed by atoms with Crippen molar-refractivity contribution in [3.63, 3.8) is 0 Å². The van der Waals surface area contributed by atoms with Crippen LogP contribution in [0, 0.1) is 11.3 Å². The third-order valence-electron chi connectivity index (χ3n) is 2.28. The number of nitrogens with zero attached hydrogens (tertiary/aromatic N) is 1. The van der Waals surface area contributed by atoms with Crippen LogP contribution in [0.15, 0.2) is 27.5 Å². The zero-order chi connectivity index (χ0) is 13.3. The fourth-order valence-corrected chi connectivity index (χ4v) is 2.66. The molecule has 0 saturated heterocycles. The minimum Gasteiger partial charge on any atom is -0.490 e. The van der Waals surface area contributed by atoms with E-state index in [1.807, 2.05) is 0 Å². The number of benzene rings is 1. The lowest BCUT2D eigenvalue weighted by Gasteiger charge is -2.05. The van der Waals surface area contributed by atoms with E-state index >= 15 is 0 Å². The van der Waals surface area contributed by atoms with Crippen LogP contribution >= 0.6 is 10.7 Å². The summed E-state index contributed by atoms with van der Waals surface area (Å²) in [6, 6.07) is 5.91. The molecule has 7 heteroatoms. The van der Waals surface area contributed by atoms with Crippen molar-refractivity contribution in [3.8, 4) is 11.8 Å². The third-order valence-corrected chi connectivity index (χ3v) is 3.66. The zero-order valence-electron chi connectivity index (χ0n) is 9.31. The van der Waals surface area contributed by atoms with Crippen LogP contribution in [0.4, 0.5) is 0 Å². The van der Waals surface area contributed by atoms with Gasteiger partial charge in [-0.15, -0.1) is 0 Å². The second-order valence-electron chi connectivity index (χ2n) is 3.40. The number of furan rings is 1. The largest absolute Gasteiger partial charge is 0.490 e. The van der Waals surface area contributed by atoms with Gasteiger partial charge < -0.3 is 9.15 Å². The molecule has 18 heavy (non-hydrogen) atoms. The molecule has 0 atom stereocenters. The summed E-state index contributed by atoms with van der Waals surface area (Å²) in [5, 5.41) is 9.03. The molecular weight excluding hydrogens is 278 g/mol. The number of halogens is 1. The van der Waals surface area contributed by atoms with Gasteiger partial charge >= 0.3 is 0 Å². The second kappa shape index (κ2) is 4.52. The summed E-state index contributed by atoms with van der Waals surface area (Å²) in [6.07, 6.45) is 0. The van der Waals surface area contributed by atoms with Gasteiger partial charge in [0.1, 0.15) is 6.07 Å². The Bertz CT molecular complexity index is 742. The first-order valence-corrected chi connectivity index (χ1v) is 7.32. The maximum atomic E-state index is 11.4. The number of hydrogen-bond donors (Lipinski definition) is 0.